The Morgan fingerprint density at radius 2 is 1.79 bits per heavy atom. The van der Waals surface area contributed by atoms with Crippen molar-refractivity contribution in [2.24, 2.45) is 0 Å². The molecule has 5 nitrogen and oxygen atoms in total. The van der Waals surface area contributed by atoms with Crippen LogP contribution in [0.1, 0.15) is 39.3 Å². The van der Waals surface area contributed by atoms with E-state index in [1.165, 1.54) is 0 Å². The Hall–Kier alpha value is -1.53. The Balaban J connectivity index is 2.63. The maximum absolute atomic E-state index is 11.6. The van der Waals surface area contributed by atoms with Crippen molar-refractivity contribution in [3.05, 3.63) is 29.8 Å². The number of hydrogen-bond donors (Lipinski definition) is 3. The van der Waals surface area contributed by atoms with Crippen molar-refractivity contribution in [3.63, 3.8) is 0 Å². The van der Waals surface area contributed by atoms with Gasteiger partial charge in [0, 0.05) is 0 Å². The van der Waals surface area contributed by atoms with E-state index in [0.29, 0.717) is 5.46 Å². The van der Waals surface area contributed by atoms with Crippen LogP contribution in [0.3, 0.4) is 0 Å². The lowest BCUT2D eigenvalue weighted by Crippen LogP contribution is -2.34. The summed E-state index contributed by atoms with van der Waals surface area (Å²) in [4.78, 5) is 11.6. The lowest BCUT2D eigenvalue weighted by molar-refractivity contribution is 0.0508. The number of benzene rings is 1. The minimum absolute atomic E-state index is 0.222. The van der Waals surface area contributed by atoms with Gasteiger partial charge in [-0.25, -0.2) is 4.79 Å². The van der Waals surface area contributed by atoms with Gasteiger partial charge in [0.25, 0.3) is 0 Å². The van der Waals surface area contributed by atoms with Gasteiger partial charge in [0.1, 0.15) is 5.60 Å². The van der Waals surface area contributed by atoms with Crippen molar-refractivity contribution in [3.8, 4) is 0 Å². The number of hydrogen-bond acceptors (Lipinski definition) is 4. The fourth-order valence-electron chi connectivity index (χ4n) is 1.52. The molecule has 0 saturated heterocycles. The summed E-state index contributed by atoms with van der Waals surface area (Å²) in [6, 6.07) is 6.45. The highest BCUT2D eigenvalue weighted by molar-refractivity contribution is 6.58. The van der Waals surface area contributed by atoms with Gasteiger partial charge in [-0.3, -0.25) is 0 Å². The quantitative estimate of drug-likeness (QED) is 0.711. The molecule has 0 aliphatic rings. The van der Waals surface area contributed by atoms with E-state index in [0.717, 1.165) is 5.56 Å². The molecule has 3 N–H and O–H groups in total. The first-order valence-electron chi connectivity index (χ1n) is 6.14. The van der Waals surface area contributed by atoms with E-state index >= 15 is 0 Å². The monoisotopic (exact) mass is 265 g/mol. The molecule has 0 radical (unpaired) electrons. The first-order chi connectivity index (χ1) is 8.69. The van der Waals surface area contributed by atoms with E-state index in [9.17, 15) is 4.79 Å². The maximum atomic E-state index is 11.6. The summed E-state index contributed by atoms with van der Waals surface area (Å²) in [5.41, 5.74) is 0.734. The van der Waals surface area contributed by atoms with Crippen molar-refractivity contribution in [2.75, 3.05) is 0 Å². The van der Waals surface area contributed by atoms with Crippen molar-refractivity contribution >= 4 is 18.7 Å². The normalized spacial score (nSPS) is 12.7. The summed E-state index contributed by atoms with van der Waals surface area (Å²) >= 11 is 0. The highest BCUT2D eigenvalue weighted by Crippen LogP contribution is 2.13. The van der Waals surface area contributed by atoms with Crippen LogP contribution in [-0.4, -0.2) is 28.9 Å². The first kappa shape index (κ1) is 15.5. The molecule has 19 heavy (non-hydrogen) atoms. The van der Waals surface area contributed by atoms with Gasteiger partial charge < -0.3 is 20.1 Å². The van der Waals surface area contributed by atoms with Gasteiger partial charge in [-0.2, -0.15) is 0 Å². The largest absolute Gasteiger partial charge is 0.488 e. The van der Waals surface area contributed by atoms with Crippen LogP contribution < -0.4 is 10.8 Å². The zero-order valence-electron chi connectivity index (χ0n) is 11.7. The Morgan fingerprint density at radius 1 is 1.26 bits per heavy atom. The molecule has 1 aromatic carbocycles. The Morgan fingerprint density at radius 3 is 2.21 bits per heavy atom. The first-order valence-corrected chi connectivity index (χ1v) is 6.14. The number of alkyl carbamates (subject to hydrolysis) is 1. The molecule has 0 spiro atoms. The van der Waals surface area contributed by atoms with E-state index in [1.807, 2.05) is 6.92 Å². The molecular formula is C13H20BNO4. The Kier molecular flexibility index (Phi) is 4.97. The molecule has 0 fully saturated rings. The number of ether oxygens (including phenoxy) is 1. The average molecular weight is 265 g/mol. The lowest BCUT2D eigenvalue weighted by atomic mass is 9.80. The van der Waals surface area contributed by atoms with Crippen LogP contribution in [-0.2, 0) is 4.74 Å². The van der Waals surface area contributed by atoms with Gasteiger partial charge in [0.15, 0.2) is 0 Å². The van der Waals surface area contributed by atoms with Gasteiger partial charge >= 0.3 is 13.2 Å². The van der Waals surface area contributed by atoms with Gasteiger partial charge in [-0.05, 0) is 38.7 Å². The second kappa shape index (κ2) is 6.08. The Labute approximate surface area is 113 Å². The van der Waals surface area contributed by atoms with Crippen molar-refractivity contribution in [1.82, 2.24) is 5.32 Å². The predicted octanol–water partition coefficient (Wildman–Crippen LogP) is 0.952. The minimum atomic E-state index is -1.48. The highest BCUT2D eigenvalue weighted by Gasteiger charge is 2.18. The minimum Gasteiger partial charge on any atom is -0.444 e. The van der Waals surface area contributed by atoms with Gasteiger partial charge in [-0.15, -0.1) is 0 Å². The van der Waals surface area contributed by atoms with Gasteiger partial charge in [0.05, 0.1) is 6.04 Å². The zero-order valence-corrected chi connectivity index (χ0v) is 11.7. The molecule has 1 rings (SSSR count). The smallest absolute Gasteiger partial charge is 0.444 e. The molecular weight excluding hydrogens is 245 g/mol. The fourth-order valence-corrected chi connectivity index (χ4v) is 1.52. The van der Waals surface area contributed by atoms with Crippen molar-refractivity contribution in [1.29, 1.82) is 0 Å². The summed E-state index contributed by atoms with van der Waals surface area (Å²) in [6.07, 6.45) is -0.480. The summed E-state index contributed by atoms with van der Waals surface area (Å²) in [6.45, 7) is 7.23. The summed E-state index contributed by atoms with van der Waals surface area (Å²) < 4.78 is 5.16. The van der Waals surface area contributed by atoms with E-state index < -0.39 is 18.8 Å². The number of carbonyl (C=O) groups is 1. The van der Waals surface area contributed by atoms with E-state index in [-0.39, 0.29) is 6.04 Å². The molecule has 104 valence electrons. The molecule has 6 heteroatoms. The van der Waals surface area contributed by atoms with Crippen molar-refractivity contribution < 1.29 is 19.6 Å². The van der Waals surface area contributed by atoms with Crippen LogP contribution in [0.25, 0.3) is 0 Å². The van der Waals surface area contributed by atoms with Crippen LogP contribution >= 0.6 is 0 Å². The third kappa shape index (κ3) is 5.32. The molecule has 0 bridgehead atoms. The summed E-state index contributed by atoms with van der Waals surface area (Å²) in [5, 5.41) is 20.7. The number of nitrogens with one attached hydrogen (secondary N) is 1. The van der Waals surface area contributed by atoms with E-state index in [2.05, 4.69) is 5.32 Å². The molecule has 0 aromatic heterocycles. The molecule has 0 unspecified atom stereocenters. The number of rotatable bonds is 3. The van der Waals surface area contributed by atoms with E-state index in [1.54, 1.807) is 45.0 Å². The third-order valence-electron chi connectivity index (χ3n) is 2.47. The zero-order chi connectivity index (χ0) is 14.6. The fraction of sp³-hybridized carbons (Fsp3) is 0.462. The van der Waals surface area contributed by atoms with Crippen LogP contribution in [0, 0.1) is 0 Å². The molecule has 0 saturated carbocycles. The second-order valence-electron chi connectivity index (χ2n) is 5.41. The second-order valence-corrected chi connectivity index (χ2v) is 5.41. The van der Waals surface area contributed by atoms with Crippen LogP contribution in [0.2, 0.25) is 0 Å². The number of amides is 1. The molecule has 0 aliphatic heterocycles. The van der Waals surface area contributed by atoms with E-state index in [4.69, 9.17) is 14.8 Å². The van der Waals surface area contributed by atoms with Gasteiger partial charge in [-0.1, -0.05) is 24.3 Å². The van der Waals surface area contributed by atoms with Crippen LogP contribution in [0.4, 0.5) is 4.79 Å². The predicted molar refractivity (Wildman–Crippen MR) is 74.1 cm³/mol. The molecule has 1 amide bonds. The molecule has 1 aromatic rings. The summed E-state index contributed by atoms with van der Waals surface area (Å²) in [7, 11) is -1.48. The van der Waals surface area contributed by atoms with Crippen LogP contribution in [0.5, 0.6) is 0 Å². The molecule has 1 atom stereocenters. The number of carbonyl (C=O) groups excluding carboxylic acids is 1. The molecule has 0 heterocycles. The Bertz CT molecular complexity index is 425. The average Bonchev–Trinajstić information content (AvgIpc) is 2.26. The maximum Gasteiger partial charge on any atom is 0.488 e. The third-order valence-corrected chi connectivity index (χ3v) is 2.47. The lowest BCUT2D eigenvalue weighted by Gasteiger charge is -2.22. The SMILES string of the molecule is C[C@@H](NC(=O)OC(C)(C)C)c1ccc(B(O)O)cc1. The van der Waals surface area contributed by atoms with Crippen molar-refractivity contribution in [2.45, 2.75) is 39.3 Å². The standard InChI is InChI=1S/C13H20BNO4/c1-9(15-12(16)19-13(2,3)4)10-5-7-11(8-6-10)14(17)18/h5-9,17-18H,1-4H3,(H,15,16)/t9-/m1/s1. The van der Waals surface area contributed by atoms with Gasteiger partial charge in [0.2, 0.25) is 0 Å². The highest BCUT2D eigenvalue weighted by atomic mass is 16.6. The topological polar surface area (TPSA) is 78.8 Å². The van der Waals surface area contributed by atoms with Crippen LogP contribution in [0.15, 0.2) is 24.3 Å². The summed E-state index contributed by atoms with van der Waals surface area (Å²) in [5.74, 6) is 0. The molecule has 0 aliphatic carbocycles.